The van der Waals surface area contributed by atoms with Gasteiger partial charge in [0.25, 0.3) is 5.56 Å². The fourth-order valence-corrected chi connectivity index (χ4v) is 2.15. The third kappa shape index (κ3) is 1.62. The Morgan fingerprint density at radius 1 is 1.56 bits per heavy atom. The normalized spacial score (nSPS) is 28.0. The number of aromatic nitrogens is 4. The van der Waals surface area contributed by atoms with Gasteiger partial charge in [0, 0.05) is 6.42 Å². The molecular formula is C10H12N4O4. The summed E-state index contributed by atoms with van der Waals surface area (Å²) in [7, 11) is 0. The number of nitrogens with one attached hydrogen (secondary N) is 1. The lowest BCUT2D eigenvalue weighted by Gasteiger charge is -2.16. The molecule has 1 saturated heterocycles. The Hall–Kier alpha value is -1.77. The first kappa shape index (κ1) is 11.3. The molecule has 0 radical (unpaired) electrons. The smallest absolute Gasteiger partial charge is 0.278 e. The summed E-state index contributed by atoms with van der Waals surface area (Å²) in [6.07, 6.45) is 1.16. The largest absolute Gasteiger partial charge is 0.394 e. The van der Waals surface area contributed by atoms with Crippen molar-refractivity contribution < 1.29 is 14.9 Å². The van der Waals surface area contributed by atoms with E-state index in [1.54, 1.807) is 0 Å². The van der Waals surface area contributed by atoms with E-state index in [1.807, 2.05) is 0 Å². The Bertz CT molecular complexity index is 622. The summed E-state index contributed by atoms with van der Waals surface area (Å²) in [6.45, 7) is -0.159. The molecule has 8 heteroatoms. The summed E-state index contributed by atoms with van der Waals surface area (Å²) in [5.74, 6) is 0. The van der Waals surface area contributed by atoms with Crippen LogP contribution in [-0.4, -0.2) is 48.5 Å². The van der Waals surface area contributed by atoms with E-state index in [2.05, 4.69) is 15.0 Å². The Balaban J connectivity index is 2.05. The highest BCUT2D eigenvalue weighted by atomic mass is 16.5. The van der Waals surface area contributed by atoms with Crippen LogP contribution < -0.4 is 5.56 Å². The van der Waals surface area contributed by atoms with Crippen LogP contribution in [0.4, 0.5) is 0 Å². The molecule has 3 heterocycles. The number of hydrogen-bond acceptors (Lipinski definition) is 6. The molecule has 0 aromatic carbocycles. The van der Waals surface area contributed by atoms with E-state index in [0.29, 0.717) is 12.1 Å². The van der Waals surface area contributed by atoms with Crippen molar-refractivity contribution in [3.63, 3.8) is 0 Å². The molecular weight excluding hydrogens is 240 g/mol. The van der Waals surface area contributed by atoms with Crippen molar-refractivity contribution in [3.05, 3.63) is 23.0 Å². The van der Waals surface area contributed by atoms with Gasteiger partial charge in [0.15, 0.2) is 17.4 Å². The van der Waals surface area contributed by atoms with E-state index in [4.69, 9.17) is 9.84 Å². The lowest BCUT2D eigenvalue weighted by molar-refractivity contribution is -0.0486. The topological polar surface area (TPSA) is 113 Å². The molecule has 8 nitrogen and oxygen atoms in total. The number of hydrogen-bond donors (Lipinski definition) is 3. The second-order valence-electron chi connectivity index (χ2n) is 4.19. The first-order valence-corrected chi connectivity index (χ1v) is 5.55. The summed E-state index contributed by atoms with van der Waals surface area (Å²) in [5, 5.41) is 18.9. The highest BCUT2D eigenvalue weighted by molar-refractivity contribution is 5.68. The van der Waals surface area contributed by atoms with Gasteiger partial charge in [-0.15, -0.1) is 0 Å². The fraction of sp³-hybridized carbons (Fsp3) is 0.500. The molecule has 18 heavy (non-hydrogen) atoms. The highest BCUT2D eigenvalue weighted by Gasteiger charge is 2.35. The second kappa shape index (κ2) is 4.16. The Labute approximate surface area is 101 Å². The van der Waals surface area contributed by atoms with E-state index < -0.39 is 18.4 Å². The number of ether oxygens (including phenoxy) is 1. The first-order chi connectivity index (χ1) is 8.70. The molecule has 0 amide bonds. The number of aromatic amines is 1. The third-order valence-corrected chi connectivity index (χ3v) is 3.01. The average molecular weight is 252 g/mol. The second-order valence-corrected chi connectivity index (χ2v) is 4.19. The number of rotatable bonds is 2. The minimum absolute atomic E-state index is 0.159. The van der Waals surface area contributed by atoms with Gasteiger partial charge in [-0.1, -0.05) is 0 Å². The summed E-state index contributed by atoms with van der Waals surface area (Å²) in [4.78, 5) is 21.9. The van der Waals surface area contributed by atoms with E-state index in [9.17, 15) is 9.90 Å². The summed E-state index contributed by atoms with van der Waals surface area (Å²) < 4.78 is 6.99. The molecule has 0 saturated carbocycles. The molecule has 1 unspecified atom stereocenters. The molecule has 1 fully saturated rings. The van der Waals surface area contributed by atoms with Gasteiger partial charge in [-0.3, -0.25) is 9.36 Å². The molecule has 96 valence electrons. The Kier molecular flexibility index (Phi) is 2.62. The predicted octanol–water partition coefficient (Wildman–Crippen LogP) is -1.24. The number of nitrogens with zero attached hydrogens (tertiary/aromatic N) is 3. The number of fused-ring (bicyclic) bond motifs is 1. The molecule has 0 bridgehead atoms. The summed E-state index contributed by atoms with van der Waals surface area (Å²) in [6, 6.07) is 0. The zero-order valence-electron chi connectivity index (χ0n) is 9.35. The maximum Gasteiger partial charge on any atom is 0.278 e. The molecule has 3 N–H and O–H groups in total. The van der Waals surface area contributed by atoms with Gasteiger partial charge in [0.1, 0.15) is 6.10 Å². The quantitative estimate of drug-likeness (QED) is 0.616. The van der Waals surface area contributed by atoms with Crippen molar-refractivity contribution in [2.75, 3.05) is 6.61 Å². The van der Waals surface area contributed by atoms with Crippen molar-refractivity contribution in [2.45, 2.75) is 24.9 Å². The number of imidazole rings is 1. The SMILES string of the molecule is O=c1[nH]cnc2c1ncn2[C@H]1OC(CO)C[C@@H]1O. The number of H-pyrrole nitrogens is 1. The van der Waals surface area contributed by atoms with E-state index in [0.717, 1.165) is 0 Å². The van der Waals surface area contributed by atoms with Crippen LogP contribution in [-0.2, 0) is 4.74 Å². The van der Waals surface area contributed by atoms with Gasteiger partial charge in [-0.05, 0) is 0 Å². The van der Waals surface area contributed by atoms with Crippen molar-refractivity contribution >= 4 is 11.2 Å². The molecule has 0 spiro atoms. The van der Waals surface area contributed by atoms with Gasteiger partial charge in [-0.2, -0.15) is 0 Å². The monoisotopic (exact) mass is 252 g/mol. The Morgan fingerprint density at radius 2 is 2.39 bits per heavy atom. The third-order valence-electron chi connectivity index (χ3n) is 3.01. The van der Waals surface area contributed by atoms with Crippen molar-refractivity contribution in [2.24, 2.45) is 0 Å². The molecule has 2 aromatic rings. The van der Waals surface area contributed by atoms with Crippen molar-refractivity contribution in [1.82, 2.24) is 19.5 Å². The summed E-state index contributed by atoms with van der Waals surface area (Å²) in [5.41, 5.74) is 0.201. The average Bonchev–Trinajstić information content (AvgIpc) is 2.93. The van der Waals surface area contributed by atoms with Gasteiger partial charge in [0.05, 0.1) is 25.4 Å². The molecule has 2 aromatic heterocycles. The Morgan fingerprint density at radius 3 is 3.11 bits per heavy atom. The van der Waals surface area contributed by atoms with Crippen LogP contribution in [0.2, 0.25) is 0 Å². The molecule has 1 aliphatic heterocycles. The minimum atomic E-state index is -0.763. The van der Waals surface area contributed by atoms with Crippen LogP contribution in [0.15, 0.2) is 17.4 Å². The number of aliphatic hydroxyl groups is 2. The lowest BCUT2D eigenvalue weighted by atomic mass is 10.2. The van der Waals surface area contributed by atoms with Crippen LogP contribution in [0.1, 0.15) is 12.6 Å². The molecule has 0 aliphatic carbocycles. The van der Waals surface area contributed by atoms with Gasteiger partial charge in [-0.25, -0.2) is 9.97 Å². The van der Waals surface area contributed by atoms with E-state index in [1.165, 1.54) is 17.2 Å². The predicted molar refractivity (Wildman–Crippen MR) is 59.8 cm³/mol. The van der Waals surface area contributed by atoms with Crippen LogP contribution in [0, 0.1) is 0 Å². The summed E-state index contributed by atoms with van der Waals surface area (Å²) >= 11 is 0. The zero-order chi connectivity index (χ0) is 12.7. The molecule has 3 rings (SSSR count). The van der Waals surface area contributed by atoms with E-state index >= 15 is 0 Å². The van der Waals surface area contributed by atoms with Crippen molar-refractivity contribution in [3.8, 4) is 0 Å². The fourth-order valence-electron chi connectivity index (χ4n) is 2.15. The minimum Gasteiger partial charge on any atom is -0.394 e. The van der Waals surface area contributed by atoms with Gasteiger partial charge >= 0.3 is 0 Å². The van der Waals surface area contributed by atoms with Crippen LogP contribution in [0.5, 0.6) is 0 Å². The van der Waals surface area contributed by atoms with E-state index in [-0.39, 0.29) is 17.7 Å². The molecule has 3 atom stereocenters. The van der Waals surface area contributed by atoms with Gasteiger partial charge in [0.2, 0.25) is 0 Å². The van der Waals surface area contributed by atoms with Crippen LogP contribution in [0.3, 0.4) is 0 Å². The van der Waals surface area contributed by atoms with Crippen molar-refractivity contribution in [1.29, 1.82) is 0 Å². The standard InChI is InChI=1S/C10H12N4O4/c15-2-5-1-6(16)10(18-5)14-4-13-7-8(14)11-3-12-9(7)17/h3-6,10,15-16H,1-2H2,(H,11,12,17)/t5?,6-,10-/m0/s1. The molecule has 1 aliphatic rings. The maximum atomic E-state index is 11.5. The van der Waals surface area contributed by atoms with Gasteiger partial charge < -0.3 is 19.9 Å². The van der Waals surface area contributed by atoms with Crippen LogP contribution in [0.25, 0.3) is 11.2 Å². The first-order valence-electron chi connectivity index (χ1n) is 5.55. The number of aliphatic hydroxyl groups excluding tert-OH is 2. The zero-order valence-corrected chi connectivity index (χ0v) is 9.35. The highest BCUT2D eigenvalue weighted by Crippen LogP contribution is 2.29. The maximum absolute atomic E-state index is 11.5. The lowest BCUT2D eigenvalue weighted by Crippen LogP contribution is -2.19. The van der Waals surface area contributed by atoms with Crippen LogP contribution >= 0.6 is 0 Å².